The molecule has 0 aliphatic rings. The van der Waals surface area contributed by atoms with E-state index in [1.807, 2.05) is 6.92 Å². The predicted octanol–water partition coefficient (Wildman–Crippen LogP) is 2.26. The molecule has 0 aromatic carbocycles. The standard InChI is InChI=1S/C11H9FN2O3S/c1-6-9(18-5-14-6)4-17-10-8(11(15)16)2-7(12)3-13-10/h2-3,5H,4H2,1H3,(H,15,16). The lowest BCUT2D eigenvalue weighted by Gasteiger charge is -2.07. The molecule has 2 rings (SSSR count). The molecule has 0 aliphatic heterocycles. The van der Waals surface area contributed by atoms with Crippen molar-refractivity contribution in [2.75, 3.05) is 0 Å². The van der Waals surface area contributed by atoms with Gasteiger partial charge in [0.15, 0.2) is 0 Å². The van der Waals surface area contributed by atoms with Gasteiger partial charge >= 0.3 is 5.97 Å². The number of aryl methyl sites for hydroxylation is 1. The molecule has 0 spiro atoms. The third-order valence-corrected chi connectivity index (χ3v) is 3.14. The first-order valence-corrected chi connectivity index (χ1v) is 5.86. The molecule has 1 N–H and O–H groups in total. The van der Waals surface area contributed by atoms with Crippen LogP contribution in [0.15, 0.2) is 17.8 Å². The summed E-state index contributed by atoms with van der Waals surface area (Å²) in [7, 11) is 0. The largest absolute Gasteiger partial charge is 0.477 e. The molecule has 0 unspecified atom stereocenters. The van der Waals surface area contributed by atoms with E-state index in [4.69, 9.17) is 9.84 Å². The summed E-state index contributed by atoms with van der Waals surface area (Å²) in [6.45, 7) is 1.99. The normalized spacial score (nSPS) is 10.3. The summed E-state index contributed by atoms with van der Waals surface area (Å²) in [5.41, 5.74) is 2.20. The minimum absolute atomic E-state index is 0.100. The summed E-state index contributed by atoms with van der Waals surface area (Å²) in [4.78, 5) is 19.5. The zero-order valence-electron chi connectivity index (χ0n) is 9.38. The summed E-state index contributed by atoms with van der Waals surface area (Å²) in [6.07, 6.45) is 0.918. The summed E-state index contributed by atoms with van der Waals surface area (Å²) in [5.74, 6) is -2.09. The second-order valence-corrected chi connectivity index (χ2v) is 4.40. The summed E-state index contributed by atoms with van der Waals surface area (Å²) < 4.78 is 18.2. The zero-order chi connectivity index (χ0) is 13.1. The fraction of sp³-hybridized carbons (Fsp3) is 0.182. The Hall–Kier alpha value is -2.02. The van der Waals surface area contributed by atoms with Crippen LogP contribution in [0.5, 0.6) is 5.88 Å². The van der Waals surface area contributed by atoms with Gasteiger partial charge in [0.05, 0.1) is 22.3 Å². The number of aromatic nitrogens is 2. The Balaban J connectivity index is 2.19. The van der Waals surface area contributed by atoms with Crippen molar-refractivity contribution in [2.45, 2.75) is 13.5 Å². The van der Waals surface area contributed by atoms with Gasteiger partial charge in [0.25, 0.3) is 0 Å². The van der Waals surface area contributed by atoms with E-state index in [0.717, 1.165) is 22.8 Å². The van der Waals surface area contributed by atoms with Gasteiger partial charge in [-0.3, -0.25) is 0 Å². The molecular formula is C11H9FN2O3S. The molecule has 18 heavy (non-hydrogen) atoms. The molecule has 0 radical (unpaired) electrons. The lowest BCUT2D eigenvalue weighted by molar-refractivity contribution is 0.0690. The van der Waals surface area contributed by atoms with Gasteiger partial charge in [0, 0.05) is 0 Å². The first kappa shape index (κ1) is 12.4. The van der Waals surface area contributed by atoms with Crippen molar-refractivity contribution in [3.05, 3.63) is 39.7 Å². The van der Waals surface area contributed by atoms with E-state index in [9.17, 15) is 9.18 Å². The van der Waals surface area contributed by atoms with Crippen LogP contribution in [0.1, 0.15) is 20.9 Å². The third-order valence-electron chi connectivity index (χ3n) is 2.23. The predicted molar refractivity (Wildman–Crippen MR) is 62.3 cm³/mol. The molecule has 0 aliphatic carbocycles. The first-order chi connectivity index (χ1) is 8.58. The zero-order valence-corrected chi connectivity index (χ0v) is 10.2. The molecule has 2 heterocycles. The van der Waals surface area contributed by atoms with Crippen LogP contribution in [0.3, 0.4) is 0 Å². The highest BCUT2D eigenvalue weighted by Gasteiger charge is 2.15. The van der Waals surface area contributed by atoms with Crippen molar-refractivity contribution in [1.82, 2.24) is 9.97 Å². The number of carbonyl (C=O) groups is 1. The minimum atomic E-state index is -1.28. The number of carboxylic acid groups (broad SMARTS) is 1. The molecule has 0 bridgehead atoms. The molecule has 0 saturated carbocycles. The maximum absolute atomic E-state index is 12.9. The van der Waals surface area contributed by atoms with Crippen molar-refractivity contribution in [3.63, 3.8) is 0 Å². The number of thiazole rings is 1. The van der Waals surface area contributed by atoms with E-state index in [-0.39, 0.29) is 18.1 Å². The van der Waals surface area contributed by atoms with E-state index in [2.05, 4.69) is 9.97 Å². The molecular weight excluding hydrogens is 259 g/mol. The smallest absolute Gasteiger partial charge is 0.341 e. The van der Waals surface area contributed by atoms with E-state index in [0.29, 0.717) is 0 Å². The number of rotatable bonds is 4. The topological polar surface area (TPSA) is 72.3 Å². The van der Waals surface area contributed by atoms with E-state index < -0.39 is 11.8 Å². The molecule has 0 saturated heterocycles. The Bertz CT molecular complexity index is 585. The minimum Gasteiger partial charge on any atom is -0.477 e. The Morgan fingerprint density at radius 2 is 2.33 bits per heavy atom. The second kappa shape index (κ2) is 5.09. The second-order valence-electron chi connectivity index (χ2n) is 3.46. The van der Waals surface area contributed by atoms with E-state index >= 15 is 0 Å². The quantitative estimate of drug-likeness (QED) is 0.920. The Labute approximate surface area is 106 Å². The van der Waals surface area contributed by atoms with Crippen LogP contribution in [-0.2, 0) is 6.61 Å². The number of hydrogen-bond acceptors (Lipinski definition) is 5. The summed E-state index contributed by atoms with van der Waals surface area (Å²) in [6, 6.07) is 0.879. The first-order valence-electron chi connectivity index (χ1n) is 4.98. The van der Waals surface area contributed by atoms with Gasteiger partial charge < -0.3 is 9.84 Å². The average Bonchev–Trinajstić information content (AvgIpc) is 2.73. The fourth-order valence-corrected chi connectivity index (χ4v) is 1.98. The van der Waals surface area contributed by atoms with Crippen molar-refractivity contribution < 1.29 is 19.0 Å². The maximum atomic E-state index is 12.9. The van der Waals surface area contributed by atoms with Crippen LogP contribution in [0.4, 0.5) is 4.39 Å². The Morgan fingerprint density at radius 1 is 1.56 bits per heavy atom. The van der Waals surface area contributed by atoms with E-state index in [1.165, 1.54) is 11.3 Å². The van der Waals surface area contributed by atoms with Crippen LogP contribution in [0.25, 0.3) is 0 Å². The highest BCUT2D eigenvalue weighted by Crippen LogP contribution is 2.20. The van der Waals surface area contributed by atoms with Gasteiger partial charge in [-0.1, -0.05) is 0 Å². The van der Waals surface area contributed by atoms with Crippen LogP contribution in [-0.4, -0.2) is 21.0 Å². The van der Waals surface area contributed by atoms with Gasteiger partial charge in [-0.25, -0.2) is 19.2 Å². The number of hydrogen-bond donors (Lipinski definition) is 1. The molecule has 0 atom stereocenters. The lowest BCUT2D eigenvalue weighted by Crippen LogP contribution is -2.06. The summed E-state index contributed by atoms with van der Waals surface area (Å²) >= 11 is 1.40. The fourth-order valence-electron chi connectivity index (χ4n) is 1.29. The van der Waals surface area contributed by atoms with Gasteiger partial charge in [0.2, 0.25) is 5.88 Å². The number of aromatic carboxylic acids is 1. The van der Waals surface area contributed by atoms with Crippen LogP contribution < -0.4 is 4.74 Å². The van der Waals surface area contributed by atoms with Crippen LogP contribution in [0.2, 0.25) is 0 Å². The lowest BCUT2D eigenvalue weighted by atomic mass is 10.2. The Kier molecular flexibility index (Phi) is 3.52. The molecule has 2 aromatic rings. The Morgan fingerprint density at radius 3 is 2.94 bits per heavy atom. The molecule has 7 heteroatoms. The number of nitrogens with zero attached hydrogens (tertiary/aromatic N) is 2. The van der Waals surface area contributed by atoms with Crippen LogP contribution >= 0.6 is 11.3 Å². The molecule has 5 nitrogen and oxygen atoms in total. The molecule has 2 aromatic heterocycles. The molecule has 0 fully saturated rings. The van der Waals surface area contributed by atoms with E-state index in [1.54, 1.807) is 5.51 Å². The summed E-state index contributed by atoms with van der Waals surface area (Å²) in [5, 5.41) is 8.91. The highest BCUT2D eigenvalue weighted by molar-refractivity contribution is 7.09. The average molecular weight is 268 g/mol. The number of halogens is 1. The third kappa shape index (κ3) is 2.62. The maximum Gasteiger partial charge on any atom is 0.341 e. The molecule has 94 valence electrons. The van der Waals surface area contributed by atoms with Gasteiger partial charge in [0.1, 0.15) is 18.0 Å². The SMILES string of the molecule is Cc1ncsc1COc1ncc(F)cc1C(=O)O. The van der Waals surface area contributed by atoms with Crippen molar-refractivity contribution in [2.24, 2.45) is 0 Å². The van der Waals surface area contributed by atoms with Crippen molar-refractivity contribution in [3.8, 4) is 5.88 Å². The van der Waals surface area contributed by atoms with Gasteiger partial charge in [-0.05, 0) is 13.0 Å². The van der Waals surface area contributed by atoms with Gasteiger partial charge in [-0.2, -0.15) is 0 Å². The van der Waals surface area contributed by atoms with Crippen molar-refractivity contribution in [1.29, 1.82) is 0 Å². The number of ether oxygens (including phenoxy) is 1. The number of carboxylic acids is 1. The number of pyridine rings is 1. The van der Waals surface area contributed by atoms with Gasteiger partial charge in [-0.15, -0.1) is 11.3 Å². The molecule has 0 amide bonds. The van der Waals surface area contributed by atoms with Crippen molar-refractivity contribution >= 4 is 17.3 Å². The van der Waals surface area contributed by atoms with Crippen LogP contribution in [0, 0.1) is 12.7 Å². The highest BCUT2D eigenvalue weighted by atomic mass is 32.1. The monoisotopic (exact) mass is 268 g/mol.